The molecule has 98 valence electrons. The van der Waals surface area contributed by atoms with Gasteiger partial charge in [0.05, 0.1) is 0 Å². The van der Waals surface area contributed by atoms with E-state index in [2.05, 4.69) is 21.8 Å². The highest BCUT2D eigenvalue weighted by Gasteiger charge is 2.01. The Labute approximate surface area is 113 Å². The highest BCUT2D eigenvalue weighted by molar-refractivity contribution is 5.66. The highest BCUT2D eigenvalue weighted by Crippen LogP contribution is 2.21. The van der Waals surface area contributed by atoms with Crippen LogP contribution in [0.3, 0.4) is 0 Å². The molecule has 2 aromatic rings. The van der Waals surface area contributed by atoms with E-state index in [-0.39, 0.29) is 0 Å². The van der Waals surface area contributed by atoms with Crippen LogP contribution in [-0.4, -0.2) is 19.1 Å². The largest absolute Gasteiger partial charge is 0.383 e. The number of pyridine rings is 1. The van der Waals surface area contributed by atoms with Crippen molar-refractivity contribution in [3.05, 3.63) is 48.5 Å². The molecule has 4 nitrogen and oxygen atoms in total. The van der Waals surface area contributed by atoms with Gasteiger partial charge in [-0.05, 0) is 36.4 Å². The van der Waals surface area contributed by atoms with Gasteiger partial charge >= 0.3 is 0 Å². The van der Waals surface area contributed by atoms with Crippen LogP contribution in [0.4, 0.5) is 23.0 Å². The number of aromatic nitrogens is 1. The van der Waals surface area contributed by atoms with Crippen LogP contribution in [0.5, 0.6) is 0 Å². The van der Waals surface area contributed by atoms with E-state index < -0.39 is 0 Å². The molecule has 0 bridgehead atoms. The molecule has 0 spiro atoms. The summed E-state index contributed by atoms with van der Waals surface area (Å²) >= 11 is 0. The Morgan fingerprint density at radius 2 is 1.84 bits per heavy atom. The van der Waals surface area contributed by atoms with Crippen molar-refractivity contribution in [2.75, 3.05) is 30.0 Å². The van der Waals surface area contributed by atoms with Gasteiger partial charge in [0.2, 0.25) is 0 Å². The molecule has 0 saturated carbocycles. The molecular formula is C15H18N4. The molecule has 0 amide bonds. The predicted octanol–water partition coefficient (Wildman–Crippen LogP) is 3.12. The van der Waals surface area contributed by atoms with Crippen molar-refractivity contribution in [1.82, 2.24) is 4.98 Å². The Bertz CT molecular complexity index is 573. The maximum atomic E-state index is 5.82. The Hall–Kier alpha value is -2.49. The lowest BCUT2D eigenvalue weighted by atomic mass is 10.2. The van der Waals surface area contributed by atoms with E-state index in [1.807, 2.05) is 50.5 Å². The molecule has 1 aromatic heterocycles. The van der Waals surface area contributed by atoms with Crippen molar-refractivity contribution in [3.8, 4) is 0 Å². The van der Waals surface area contributed by atoms with Gasteiger partial charge in [-0.2, -0.15) is 0 Å². The van der Waals surface area contributed by atoms with Gasteiger partial charge in [-0.3, -0.25) is 0 Å². The molecule has 4 heteroatoms. The van der Waals surface area contributed by atoms with Crippen molar-refractivity contribution in [2.45, 2.75) is 0 Å². The molecule has 0 unspecified atom stereocenters. The van der Waals surface area contributed by atoms with Gasteiger partial charge in [-0.25, -0.2) is 4.98 Å². The molecular weight excluding hydrogens is 236 g/mol. The van der Waals surface area contributed by atoms with E-state index in [0.29, 0.717) is 5.82 Å². The summed E-state index contributed by atoms with van der Waals surface area (Å²) in [5.41, 5.74) is 8.79. The SMILES string of the molecule is C=Cc1ccc(Nc2ccc(N(C)C)cc2)nc1N. The summed E-state index contributed by atoms with van der Waals surface area (Å²) in [5, 5.41) is 3.22. The first kappa shape index (κ1) is 13.0. The first-order valence-electron chi connectivity index (χ1n) is 6.03. The van der Waals surface area contributed by atoms with Gasteiger partial charge < -0.3 is 16.0 Å². The molecule has 3 N–H and O–H groups in total. The number of rotatable bonds is 4. The van der Waals surface area contributed by atoms with Crippen molar-refractivity contribution in [2.24, 2.45) is 0 Å². The Morgan fingerprint density at radius 3 is 2.37 bits per heavy atom. The fourth-order valence-corrected chi connectivity index (χ4v) is 1.72. The first-order chi connectivity index (χ1) is 9.10. The third kappa shape index (κ3) is 3.04. The molecule has 1 heterocycles. The molecule has 1 aromatic carbocycles. The topological polar surface area (TPSA) is 54.2 Å². The smallest absolute Gasteiger partial charge is 0.133 e. The van der Waals surface area contributed by atoms with Crippen LogP contribution in [0, 0.1) is 0 Å². The second-order valence-electron chi connectivity index (χ2n) is 4.44. The van der Waals surface area contributed by atoms with E-state index in [0.717, 1.165) is 22.8 Å². The summed E-state index contributed by atoms with van der Waals surface area (Å²) in [6.07, 6.45) is 1.69. The maximum absolute atomic E-state index is 5.82. The molecule has 2 rings (SSSR count). The first-order valence-corrected chi connectivity index (χ1v) is 6.03. The van der Waals surface area contributed by atoms with Crippen LogP contribution in [0.2, 0.25) is 0 Å². The monoisotopic (exact) mass is 254 g/mol. The maximum Gasteiger partial charge on any atom is 0.133 e. The number of hydrogen-bond donors (Lipinski definition) is 2. The van der Waals surface area contributed by atoms with E-state index in [9.17, 15) is 0 Å². The van der Waals surface area contributed by atoms with Crippen LogP contribution in [-0.2, 0) is 0 Å². The lowest BCUT2D eigenvalue weighted by Crippen LogP contribution is -2.08. The minimum atomic E-state index is 0.477. The van der Waals surface area contributed by atoms with Crippen molar-refractivity contribution in [3.63, 3.8) is 0 Å². The zero-order valence-electron chi connectivity index (χ0n) is 11.2. The third-order valence-corrected chi connectivity index (χ3v) is 2.83. The fraction of sp³-hybridized carbons (Fsp3) is 0.133. The Kier molecular flexibility index (Phi) is 3.71. The van der Waals surface area contributed by atoms with Gasteiger partial charge in [0, 0.05) is 31.0 Å². The van der Waals surface area contributed by atoms with Crippen molar-refractivity contribution >= 4 is 29.1 Å². The van der Waals surface area contributed by atoms with Crippen LogP contribution in [0.1, 0.15) is 5.56 Å². The van der Waals surface area contributed by atoms with Gasteiger partial charge in [-0.15, -0.1) is 0 Å². The number of nitrogens with zero attached hydrogens (tertiary/aromatic N) is 2. The number of benzene rings is 1. The summed E-state index contributed by atoms with van der Waals surface area (Å²) in [4.78, 5) is 6.34. The van der Waals surface area contributed by atoms with Crippen LogP contribution in [0.15, 0.2) is 43.0 Å². The second-order valence-corrected chi connectivity index (χ2v) is 4.44. The lowest BCUT2D eigenvalue weighted by molar-refractivity contribution is 1.13. The fourth-order valence-electron chi connectivity index (χ4n) is 1.72. The molecule has 0 fully saturated rings. The van der Waals surface area contributed by atoms with E-state index in [1.54, 1.807) is 6.08 Å². The number of nitrogens with two attached hydrogens (primary N) is 1. The van der Waals surface area contributed by atoms with Crippen LogP contribution in [0.25, 0.3) is 6.08 Å². The Morgan fingerprint density at radius 1 is 1.16 bits per heavy atom. The second kappa shape index (κ2) is 5.44. The quantitative estimate of drug-likeness (QED) is 0.880. The van der Waals surface area contributed by atoms with Gasteiger partial charge in [-0.1, -0.05) is 12.7 Å². The molecule has 0 aliphatic heterocycles. The summed E-state index contributed by atoms with van der Waals surface area (Å²) in [6.45, 7) is 3.69. The lowest BCUT2D eigenvalue weighted by Gasteiger charge is -2.13. The zero-order valence-corrected chi connectivity index (χ0v) is 11.2. The molecule has 19 heavy (non-hydrogen) atoms. The number of nitrogens with one attached hydrogen (secondary N) is 1. The van der Waals surface area contributed by atoms with Gasteiger partial charge in [0.1, 0.15) is 11.6 Å². The summed E-state index contributed by atoms with van der Waals surface area (Å²) in [6, 6.07) is 11.9. The van der Waals surface area contributed by atoms with E-state index in [4.69, 9.17) is 5.73 Å². The van der Waals surface area contributed by atoms with Gasteiger partial charge in [0.25, 0.3) is 0 Å². The summed E-state index contributed by atoms with van der Waals surface area (Å²) < 4.78 is 0. The number of hydrogen-bond acceptors (Lipinski definition) is 4. The number of anilines is 4. The number of nitrogen functional groups attached to an aromatic ring is 1. The Balaban J connectivity index is 2.16. The minimum absolute atomic E-state index is 0.477. The highest BCUT2D eigenvalue weighted by atomic mass is 15.1. The van der Waals surface area contributed by atoms with Crippen molar-refractivity contribution < 1.29 is 0 Å². The van der Waals surface area contributed by atoms with Crippen LogP contribution < -0.4 is 16.0 Å². The standard InChI is InChI=1S/C15H18N4/c1-4-11-5-10-14(18-15(11)16)17-12-6-8-13(9-7-12)19(2)3/h4-10H,1H2,2-3H3,(H3,16,17,18). The summed E-state index contributed by atoms with van der Waals surface area (Å²) in [5.74, 6) is 1.20. The normalized spacial score (nSPS) is 10.0. The molecule has 0 aliphatic carbocycles. The third-order valence-electron chi connectivity index (χ3n) is 2.83. The minimum Gasteiger partial charge on any atom is -0.383 e. The summed E-state index contributed by atoms with van der Waals surface area (Å²) in [7, 11) is 4.03. The average molecular weight is 254 g/mol. The zero-order chi connectivity index (χ0) is 13.8. The molecule has 0 aliphatic rings. The molecule has 0 saturated heterocycles. The average Bonchev–Trinajstić information content (AvgIpc) is 2.39. The van der Waals surface area contributed by atoms with E-state index in [1.165, 1.54) is 0 Å². The molecule has 0 atom stereocenters. The van der Waals surface area contributed by atoms with Crippen LogP contribution >= 0.6 is 0 Å². The van der Waals surface area contributed by atoms with E-state index >= 15 is 0 Å². The van der Waals surface area contributed by atoms with Gasteiger partial charge in [0.15, 0.2) is 0 Å². The predicted molar refractivity (Wildman–Crippen MR) is 82.8 cm³/mol. The molecule has 0 radical (unpaired) electrons. The van der Waals surface area contributed by atoms with Crippen molar-refractivity contribution in [1.29, 1.82) is 0 Å².